The van der Waals surface area contributed by atoms with E-state index >= 15 is 0 Å². The van der Waals surface area contributed by atoms with E-state index in [1.807, 2.05) is 13.0 Å². The second kappa shape index (κ2) is 9.22. The van der Waals surface area contributed by atoms with Crippen molar-refractivity contribution >= 4 is 39.1 Å². The lowest BCUT2D eigenvalue weighted by Gasteiger charge is -2.12. The number of hydrogen-bond donors (Lipinski definition) is 2. The minimum atomic E-state index is -0.252. The third-order valence-electron chi connectivity index (χ3n) is 3.40. The summed E-state index contributed by atoms with van der Waals surface area (Å²) in [5.41, 5.74) is 1.80. The number of carbonyl (C=O) groups is 2. The van der Waals surface area contributed by atoms with Crippen LogP contribution in [0.2, 0.25) is 0 Å². The van der Waals surface area contributed by atoms with E-state index in [4.69, 9.17) is 4.74 Å². The number of hydrogen-bond acceptors (Lipinski definition) is 3. The van der Waals surface area contributed by atoms with E-state index < -0.39 is 0 Å². The van der Waals surface area contributed by atoms with E-state index in [2.05, 4.69) is 26.6 Å². The zero-order chi connectivity index (χ0) is 18.2. The van der Waals surface area contributed by atoms with Crippen molar-refractivity contribution in [2.24, 2.45) is 0 Å². The smallest absolute Gasteiger partial charge is 0.259 e. The normalized spacial score (nSPS) is 10.2. The second-order valence-electron chi connectivity index (χ2n) is 5.42. The number of halogens is 1. The molecule has 132 valence electrons. The van der Waals surface area contributed by atoms with Crippen molar-refractivity contribution in [2.45, 2.75) is 26.7 Å². The number of anilines is 2. The number of amides is 2. The molecule has 2 amide bonds. The van der Waals surface area contributed by atoms with Crippen molar-refractivity contribution in [1.29, 1.82) is 0 Å². The summed E-state index contributed by atoms with van der Waals surface area (Å²) >= 11 is 3.38. The molecule has 2 aromatic carbocycles. The van der Waals surface area contributed by atoms with E-state index in [9.17, 15) is 9.59 Å². The van der Waals surface area contributed by atoms with Gasteiger partial charge in [0.1, 0.15) is 5.75 Å². The maximum Gasteiger partial charge on any atom is 0.259 e. The predicted molar refractivity (Wildman–Crippen MR) is 103 cm³/mol. The third-order valence-corrected chi connectivity index (χ3v) is 3.89. The van der Waals surface area contributed by atoms with E-state index in [1.165, 1.54) is 0 Å². The summed E-state index contributed by atoms with van der Waals surface area (Å²) in [4.78, 5) is 24.0. The molecule has 0 fully saturated rings. The zero-order valence-electron chi connectivity index (χ0n) is 14.3. The van der Waals surface area contributed by atoms with Crippen LogP contribution in [-0.2, 0) is 4.79 Å². The van der Waals surface area contributed by atoms with Gasteiger partial charge in [-0.25, -0.2) is 0 Å². The molecule has 5 nitrogen and oxygen atoms in total. The molecule has 0 unspecified atom stereocenters. The van der Waals surface area contributed by atoms with Crippen molar-refractivity contribution in [2.75, 3.05) is 17.2 Å². The van der Waals surface area contributed by atoms with E-state index in [0.717, 1.165) is 10.9 Å². The molecular weight excluding hydrogens is 384 g/mol. The molecule has 0 spiro atoms. The average molecular weight is 405 g/mol. The Labute approximate surface area is 155 Å². The van der Waals surface area contributed by atoms with Crippen LogP contribution in [0.25, 0.3) is 0 Å². The van der Waals surface area contributed by atoms with Gasteiger partial charge in [-0.3, -0.25) is 9.59 Å². The van der Waals surface area contributed by atoms with E-state index in [0.29, 0.717) is 35.7 Å². The molecular formula is C19H21BrN2O3. The van der Waals surface area contributed by atoms with Crippen LogP contribution in [0.15, 0.2) is 46.9 Å². The monoisotopic (exact) mass is 404 g/mol. The highest BCUT2D eigenvalue weighted by molar-refractivity contribution is 9.10. The molecule has 25 heavy (non-hydrogen) atoms. The Morgan fingerprint density at radius 2 is 1.64 bits per heavy atom. The number of ether oxygens (including phenoxy) is 1. The van der Waals surface area contributed by atoms with Gasteiger partial charge in [0.2, 0.25) is 5.91 Å². The number of rotatable bonds is 7. The highest BCUT2D eigenvalue weighted by Crippen LogP contribution is 2.25. The van der Waals surface area contributed by atoms with Crippen molar-refractivity contribution in [3.63, 3.8) is 0 Å². The molecule has 0 bridgehead atoms. The molecule has 2 rings (SSSR count). The molecule has 0 aliphatic rings. The molecule has 2 N–H and O–H groups in total. The van der Waals surface area contributed by atoms with Gasteiger partial charge in [-0.1, -0.05) is 29.8 Å². The highest BCUT2D eigenvalue weighted by Gasteiger charge is 2.14. The Balaban J connectivity index is 2.11. The molecule has 6 heteroatoms. The van der Waals surface area contributed by atoms with Crippen LogP contribution in [0.3, 0.4) is 0 Å². The average Bonchev–Trinajstić information content (AvgIpc) is 2.62. The van der Waals surface area contributed by atoms with Gasteiger partial charge in [-0.05, 0) is 48.9 Å². The molecule has 0 saturated heterocycles. The van der Waals surface area contributed by atoms with Crippen LogP contribution in [-0.4, -0.2) is 18.4 Å². The van der Waals surface area contributed by atoms with Gasteiger partial charge in [0.25, 0.3) is 5.91 Å². The topological polar surface area (TPSA) is 67.4 Å². The Morgan fingerprint density at radius 3 is 2.24 bits per heavy atom. The van der Waals surface area contributed by atoms with Gasteiger partial charge in [0, 0.05) is 22.3 Å². The molecule has 0 aromatic heterocycles. The van der Waals surface area contributed by atoms with Crippen molar-refractivity contribution < 1.29 is 14.3 Å². The molecule has 2 aromatic rings. The van der Waals surface area contributed by atoms with Gasteiger partial charge in [0.05, 0.1) is 12.2 Å². The predicted octanol–water partition coefficient (Wildman–Crippen LogP) is 4.84. The maximum absolute atomic E-state index is 12.6. The minimum absolute atomic E-state index is 0.0522. The van der Waals surface area contributed by atoms with Crippen molar-refractivity contribution in [1.82, 2.24) is 0 Å². The first-order valence-corrected chi connectivity index (χ1v) is 8.96. The summed E-state index contributed by atoms with van der Waals surface area (Å²) < 4.78 is 6.45. The maximum atomic E-state index is 12.6. The van der Waals surface area contributed by atoms with Crippen LogP contribution < -0.4 is 15.4 Å². The van der Waals surface area contributed by atoms with Gasteiger partial charge >= 0.3 is 0 Å². The molecule has 0 aliphatic heterocycles. The number of benzene rings is 2. The summed E-state index contributed by atoms with van der Waals surface area (Å²) in [7, 11) is 0. The van der Waals surface area contributed by atoms with Crippen LogP contribution in [0.5, 0.6) is 5.75 Å². The summed E-state index contributed by atoms with van der Waals surface area (Å²) in [5, 5.41) is 5.61. The molecule has 0 aliphatic carbocycles. The largest absolute Gasteiger partial charge is 0.493 e. The van der Waals surface area contributed by atoms with Crippen LogP contribution in [0.1, 0.15) is 37.0 Å². The Hall–Kier alpha value is -2.34. The van der Waals surface area contributed by atoms with Gasteiger partial charge in [-0.2, -0.15) is 0 Å². The lowest BCUT2D eigenvalue weighted by molar-refractivity contribution is -0.115. The zero-order valence-corrected chi connectivity index (χ0v) is 15.9. The van der Waals surface area contributed by atoms with Crippen LogP contribution in [0, 0.1) is 0 Å². The SMILES string of the molecule is CCCOc1ccc(Br)cc1C(=O)Nc1ccc(NC(=O)CC)cc1. The summed E-state index contributed by atoms with van der Waals surface area (Å²) in [6.45, 7) is 4.35. The molecule has 0 heterocycles. The van der Waals surface area contributed by atoms with Crippen LogP contribution in [0.4, 0.5) is 11.4 Å². The summed E-state index contributed by atoms with van der Waals surface area (Å²) in [5.74, 6) is 0.246. The summed E-state index contributed by atoms with van der Waals surface area (Å²) in [6.07, 6.45) is 1.28. The fraction of sp³-hybridized carbons (Fsp3) is 0.263. The first kappa shape index (κ1) is 19.0. The summed E-state index contributed by atoms with van der Waals surface area (Å²) in [6, 6.07) is 12.3. The first-order chi connectivity index (χ1) is 12.0. The first-order valence-electron chi connectivity index (χ1n) is 8.17. The number of carbonyl (C=O) groups excluding carboxylic acids is 2. The quantitative estimate of drug-likeness (QED) is 0.693. The highest BCUT2D eigenvalue weighted by atomic mass is 79.9. The fourth-order valence-corrected chi connectivity index (χ4v) is 2.46. The molecule has 0 radical (unpaired) electrons. The van der Waals surface area contributed by atoms with Gasteiger partial charge in [-0.15, -0.1) is 0 Å². The van der Waals surface area contributed by atoms with Gasteiger partial charge < -0.3 is 15.4 Å². The second-order valence-corrected chi connectivity index (χ2v) is 6.34. The van der Waals surface area contributed by atoms with E-state index in [-0.39, 0.29) is 11.8 Å². The van der Waals surface area contributed by atoms with E-state index in [1.54, 1.807) is 43.3 Å². The Bertz CT molecular complexity index is 745. The van der Waals surface area contributed by atoms with Crippen LogP contribution >= 0.6 is 15.9 Å². The van der Waals surface area contributed by atoms with Crippen molar-refractivity contribution in [3.8, 4) is 5.75 Å². The Morgan fingerprint density at radius 1 is 1.00 bits per heavy atom. The van der Waals surface area contributed by atoms with Crippen molar-refractivity contribution in [3.05, 3.63) is 52.5 Å². The molecule has 0 saturated carbocycles. The lowest BCUT2D eigenvalue weighted by atomic mass is 10.1. The standard InChI is InChI=1S/C19H21BrN2O3/c1-3-11-25-17-10-5-13(20)12-16(17)19(24)22-15-8-6-14(7-9-15)21-18(23)4-2/h5-10,12H,3-4,11H2,1-2H3,(H,21,23)(H,22,24). The number of nitrogens with one attached hydrogen (secondary N) is 2. The lowest BCUT2D eigenvalue weighted by Crippen LogP contribution is -2.14. The van der Waals surface area contributed by atoms with Gasteiger partial charge in [0.15, 0.2) is 0 Å². The fourth-order valence-electron chi connectivity index (χ4n) is 2.10. The third kappa shape index (κ3) is 5.60. The molecule has 0 atom stereocenters. The Kier molecular flexibility index (Phi) is 7.01. The minimum Gasteiger partial charge on any atom is -0.493 e.